The molecule has 0 aliphatic heterocycles. The first-order valence-corrected chi connectivity index (χ1v) is 7.62. The summed E-state index contributed by atoms with van der Waals surface area (Å²) in [5, 5.41) is 14.8. The maximum atomic E-state index is 10.3. The standard InChI is InChI=1S/C18H22N2O2/c1-13-14(2)20(18-8-4-3-7-17(13)18)12-15(21)10-19-11-16-6-5-9-22-16/h3-9,15,19,21H,10-12H2,1-2H3/t15-/m0/s1. The highest BCUT2D eigenvalue weighted by atomic mass is 16.3. The first-order valence-electron chi connectivity index (χ1n) is 7.62. The van der Waals surface area contributed by atoms with E-state index in [0.29, 0.717) is 19.6 Å². The molecular formula is C18H22N2O2. The Labute approximate surface area is 130 Å². The Morgan fingerprint density at radius 2 is 2.00 bits per heavy atom. The molecule has 0 aliphatic rings. The molecule has 0 unspecified atom stereocenters. The molecule has 1 aromatic carbocycles. The smallest absolute Gasteiger partial charge is 0.117 e. The Balaban J connectivity index is 1.66. The highest BCUT2D eigenvalue weighted by molar-refractivity contribution is 5.85. The summed E-state index contributed by atoms with van der Waals surface area (Å²) >= 11 is 0. The molecule has 22 heavy (non-hydrogen) atoms. The highest BCUT2D eigenvalue weighted by Crippen LogP contribution is 2.25. The van der Waals surface area contributed by atoms with Crippen LogP contribution in [0, 0.1) is 13.8 Å². The molecule has 0 aliphatic carbocycles. The summed E-state index contributed by atoms with van der Waals surface area (Å²) in [6, 6.07) is 12.1. The van der Waals surface area contributed by atoms with E-state index in [-0.39, 0.29) is 0 Å². The fourth-order valence-corrected chi connectivity index (χ4v) is 2.89. The van der Waals surface area contributed by atoms with E-state index in [2.05, 4.69) is 41.9 Å². The van der Waals surface area contributed by atoms with E-state index in [9.17, 15) is 5.11 Å². The van der Waals surface area contributed by atoms with Crippen LogP contribution in [0.3, 0.4) is 0 Å². The van der Waals surface area contributed by atoms with Gasteiger partial charge in [-0.25, -0.2) is 0 Å². The van der Waals surface area contributed by atoms with Crippen molar-refractivity contribution in [2.45, 2.75) is 33.0 Å². The van der Waals surface area contributed by atoms with Crippen molar-refractivity contribution >= 4 is 10.9 Å². The quantitative estimate of drug-likeness (QED) is 0.735. The van der Waals surface area contributed by atoms with Gasteiger partial charge in [-0.3, -0.25) is 0 Å². The molecular weight excluding hydrogens is 276 g/mol. The van der Waals surface area contributed by atoms with E-state index < -0.39 is 6.10 Å². The van der Waals surface area contributed by atoms with Gasteiger partial charge in [-0.2, -0.15) is 0 Å². The first kappa shape index (κ1) is 14.9. The van der Waals surface area contributed by atoms with Gasteiger partial charge in [0.05, 0.1) is 25.5 Å². The van der Waals surface area contributed by atoms with Gasteiger partial charge in [-0.1, -0.05) is 18.2 Å². The van der Waals surface area contributed by atoms with Crippen LogP contribution in [0.1, 0.15) is 17.0 Å². The van der Waals surface area contributed by atoms with Gasteiger partial charge in [0.1, 0.15) is 5.76 Å². The lowest BCUT2D eigenvalue weighted by Crippen LogP contribution is -2.30. The Hall–Kier alpha value is -2.04. The monoisotopic (exact) mass is 298 g/mol. The Morgan fingerprint density at radius 1 is 1.18 bits per heavy atom. The number of aryl methyl sites for hydroxylation is 1. The van der Waals surface area contributed by atoms with Crippen molar-refractivity contribution in [2.24, 2.45) is 0 Å². The second kappa shape index (κ2) is 6.38. The molecule has 0 bridgehead atoms. The number of furan rings is 1. The maximum absolute atomic E-state index is 10.3. The van der Waals surface area contributed by atoms with Crippen LogP contribution in [-0.4, -0.2) is 22.3 Å². The second-order valence-electron chi connectivity index (χ2n) is 5.70. The molecule has 0 spiro atoms. The second-order valence-corrected chi connectivity index (χ2v) is 5.70. The average Bonchev–Trinajstić information content (AvgIpc) is 3.11. The zero-order valence-corrected chi connectivity index (χ0v) is 13.0. The molecule has 0 saturated heterocycles. The van der Waals surface area contributed by atoms with Crippen molar-refractivity contribution in [3.8, 4) is 0 Å². The largest absolute Gasteiger partial charge is 0.468 e. The molecule has 2 heterocycles. The third-order valence-corrected chi connectivity index (χ3v) is 4.20. The van der Waals surface area contributed by atoms with E-state index in [1.54, 1.807) is 6.26 Å². The van der Waals surface area contributed by atoms with Crippen molar-refractivity contribution in [3.05, 3.63) is 59.7 Å². The summed E-state index contributed by atoms with van der Waals surface area (Å²) in [6.07, 6.45) is 1.22. The summed E-state index contributed by atoms with van der Waals surface area (Å²) < 4.78 is 7.46. The van der Waals surface area contributed by atoms with Crippen LogP contribution >= 0.6 is 0 Å². The number of aliphatic hydroxyl groups is 1. The highest BCUT2D eigenvalue weighted by Gasteiger charge is 2.13. The van der Waals surface area contributed by atoms with E-state index in [1.807, 2.05) is 18.2 Å². The first-order chi connectivity index (χ1) is 10.7. The topological polar surface area (TPSA) is 50.3 Å². The molecule has 116 valence electrons. The van der Waals surface area contributed by atoms with E-state index in [1.165, 1.54) is 22.2 Å². The van der Waals surface area contributed by atoms with Gasteiger partial charge in [0, 0.05) is 23.1 Å². The van der Waals surface area contributed by atoms with Crippen LogP contribution in [0.2, 0.25) is 0 Å². The van der Waals surface area contributed by atoms with Crippen LogP contribution in [0.4, 0.5) is 0 Å². The number of aliphatic hydroxyl groups excluding tert-OH is 1. The predicted molar refractivity (Wildman–Crippen MR) is 87.8 cm³/mol. The average molecular weight is 298 g/mol. The van der Waals surface area contributed by atoms with Gasteiger partial charge in [0.2, 0.25) is 0 Å². The number of fused-ring (bicyclic) bond motifs is 1. The van der Waals surface area contributed by atoms with Crippen LogP contribution < -0.4 is 5.32 Å². The normalized spacial score (nSPS) is 12.9. The van der Waals surface area contributed by atoms with E-state index in [0.717, 1.165) is 5.76 Å². The van der Waals surface area contributed by atoms with Crippen molar-refractivity contribution in [1.82, 2.24) is 9.88 Å². The van der Waals surface area contributed by atoms with Gasteiger partial charge < -0.3 is 19.4 Å². The fraction of sp³-hybridized carbons (Fsp3) is 0.333. The molecule has 0 fully saturated rings. The summed E-state index contributed by atoms with van der Waals surface area (Å²) in [7, 11) is 0. The van der Waals surface area contributed by atoms with Gasteiger partial charge in [-0.15, -0.1) is 0 Å². The van der Waals surface area contributed by atoms with Gasteiger partial charge in [-0.05, 0) is 37.6 Å². The SMILES string of the molecule is Cc1c(C)n(C[C@@H](O)CNCc2ccco2)c2ccccc12. The number of benzene rings is 1. The minimum Gasteiger partial charge on any atom is -0.468 e. The number of nitrogens with one attached hydrogen (secondary N) is 1. The van der Waals surface area contributed by atoms with Gasteiger partial charge >= 0.3 is 0 Å². The molecule has 0 radical (unpaired) electrons. The minimum atomic E-state index is -0.441. The third-order valence-electron chi connectivity index (χ3n) is 4.20. The molecule has 3 rings (SSSR count). The number of nitrogens with zero attached hydrogens (tertiary/aromatic N) is 1. The van der Waals surface area contributed by atoms with E-state index >= 15 is 0 Å². The fourth-order valence-electron chi connectivity index (χ4n) is 2.89. The van der Waals surface area contributed by atoms with Crippen molar-refractivity contribution < 1.29 is 9.52 Å². The molecule has 0 amide bonds. The van der Waals surface area contributed by atoms with Crippen molar-refractivity contribution in [3.63, 3.8) is 0 Å². The van der Waals surface area contributed by atoms with Crippen LogP contribution in [-0.2, 0) is 13.1 Å². The number of aromatic nitrogens is 1. The molecule has 1 atom stereocenters. The van der Waals surface area contributed by atoms with Crippen molar-refractivity contribution in [1.29, 1.82) is 0 Å². The van der Waals surface area contributed by atoms with Gasteiger partial charge in [0.15, 0.2) is 0 Å². The Morgan fingerprint density at radius 3 is 2.77 bits per heavy atom. The molecule has 4 heteroatoms. The maximum Gasteiger partial charge on any atom is 0.117 e. The molecule has 2 aromatic heterocycles. The molecule has 3 aromatic rings. The van der Waals surface area contributed by atoms with Crippen LogP contribution in [0.5, 0.6) is 0 Å². The number of hydrogen-bond donors (Lipinski definition) is 2. The zero-order chi connectivity index (χ0) is 15.5. The van der Waals surface area contributed by atoms with Crippen LogP contribution in [0.25, 0.3) is 10.9 Å². The summed E-state index contributed by atoms with van der Waals surface area (Å²) in [5.41, 5.74) is 3.68. The molecule has 4 nitrogen and oxygen atoms in total. The number of para-hydroxylation sites is 1. The third kappa shape index (κ3) is 2.93. The summed E-state index contributed by atoms with van der Waals surface area (Å²) in [4.78, 5) is 0. The predicted octanol–water partition coefficient (Wildman–Crippen LogP) is 3.00. The molecule has 2 N–H and O–H groups in total. The molecule has 0 saturated carbocycles. The van der Waals surface area contributed by atoms with Crippen molar-refractivity contribution in [2.75, 3.05) is 6.54 Å². The van der Waals surface area contributed by atoms with Gasteiger partial charge in [0.25, 0.3) is 0 Å². The minimum absolute atomic E-state index is 0.441. The number of hydrogen-bond acceptors (Lipinski definition) is 3. The van der Waals surface area contributed by atoms with Crippen LogP contribution in [0.15, 0.2) is 47.1 Å². The Bertz CT molecular complexity index is 744. The lowest BCUT2D eigenvalue weighted by Gasteiger charge is -2.15. The summed E-state index contributed by atoms with van der Waals surface area (Å²) in [6.45, 7) is 6.00. The number of rotatable bonds is 6. The lowest BCUT2D eigenvalue weighted by atomic mass is 10.2. The zero-order valence-electron chi connectivity index (χ0n) is 13.0. The Kier molecular flexibility index (Phi) is 4.32. The van der Waals surface area contributed by atoms with E-state index in [4.69, 9.17) is 4.42 Å². The lowest BCUT2D eigenvalue weighted by molar-refractivity contribution is 0.151. The summed E-state index contributed by atoms with van der Waals surface area (Å²) in [5.74, 6) is 0.880.